The first-order chi connectivity index (χ1) is 12.5. The number of Topliss-reactive ketones (excluding diaryl/α,β-unsaturated/α-hetero) is 1. The van der Waals surface area contributed by atoms with Gasteiger partial charge in [-0.2, -0.15) is 0 Å². The number of carbonyl (C=O) groups excluding carboxylic acids is 2. The Labute approximate surface area is 175 Å². The van der Waals surface area contributed by atoms with Crippen LogP contribution in [-0.2, 0) is 34.7 Å². The third-order valence-corrected chi connectivity index (χ3v) is 6.08. The largest absolute Gasteiger partial charge is 0.456 e. The van der Waals surface area contributed by atoms with Crippen LogP contribution in [0.5, 0.6) is 0 Å². The standard InChI is InChI=1S/C16H16BrCl2NO6S/c1-9(21)25-13-14(22)16(2,11-8-10(18)4-5-12(11)19)26-15(13)20-27(23,24)7-3-6-17/h4-5,8,20H,3,6-7H2,1-2H3. The molecule has 0 aliphatic carbocycles. The van der Waals surface area contributed by atoms with Crippen molar-refractivity contribution >= 4 is 60.9 Å². The Morgan fingerprint density at radius 2 is 2.04 bits per heavy atom. The van der Waals surface area contributed by atoms with Crippen LogP contribution in [0, 0.1) is 0 Å². The van der Waals surface area contributed by atoms with E-state index in [1.54, 1.807) is 0 Å². The van der Waals surface area contributed by atoms with Crippen molar-refractivity contribution in [1.82, 2.24) is 4.72 Å². The summed E-state index contributed by atoms with van der Waals surface area (Å²) in [5.41, 5.74) is -1.51. The number of ether oxygens (including phenoxy) is 2. The van der Waals surface area contributed by atoms with Gasteiger partial charge in [-0.05, 0) is 31.5 Å². The van der Waals surface area contributed by atoms with Gasteiger partial charge >= 0.3 is 5.97 Å². The number of halogens is 3. The molecule has 11 heteroatoms. The summed E-state index contributed by atoms with van der Waals surface area (Å²) >= 11 is 15.3. The molecule has 0 amide bonds. The first-order valence-electron chi connectivity index (χ1n) is 7.68. The molecule has 1 N–H and O–H groups in total. The van der Waals surface area contributed by atoms with Gasteiger partial charge in [0.2, 0.25) is 27.3 Å². The highest BCUT2D eigenvalue weighted by molar-refractivity contribution is 9.09. The smallest absolute Gasteiger partial charge is 0.308 e. The van der Waals surface area contributed by atoms with Crippen molar-refractivity contribution in [3.8, 4) is 0 Å². The number of ketones is 1. The quantitative estimate of drug-likeness (QED) is 0.455. The van der Waals surface area contributed by atoms with Gasteiger partial charge in [-0.15, -0.1) is 0 Å². The number of alkyl halides is 1. The summed E-state index contributed by atoms with van der Waals surface area (Å²) in [5, 5.41) is 0.951. The molecular formula is C16H16BrCl2NO6S. The molecule has 1 aliphatic rings. The maximum atomic E-state index is 12.9. The second kappa shape index (κ2) is 8.38. The van der Waals surface area contributed by atoms with Gasteiger partial charge in [0.1, 0.15) is 0 Å². The average Bonchev–Trinajstić information content (AvgIpc) is 2.79. The number of hydrogen-bond donors (Lipinski definition) is 1. The average molecular weight is 501 g/mol. The molecule has 0 bridgehead atoms. The lowest BCUT2D eigenvalue weighted by atomic mass is 9.91. The topological polar surface area (TPSA) is 98.8 Å². The number of hydrogen-bond acceptors (Lipinski definition) is 6. The predicted octanol–water partition coefficient (Wildman–Crippen LogP) is 3.24. The van der Waals surface area contributed by atoms with Gasteiger partial charge < -0.3 is 9.47 Å². The minimum Gasteiger partial charge on any atom is -0.456 e. The molecule has 1 atom stereocenters. The number of carbonyl (C=O) groups is 2. The monoisotopic (exact) mass is 499 g/mol. The zero-order chi connectivity index (χ0) is 20.4. The molecule has 0 spiro atoms. The second-order valence-electron chi connectivity index (χ2n) is 5.80. The predicted molar refractivity (Wildman–Crippen MR) is 104 cm³/mol. The van der Waals surface area contributed by atoms with E-state index in [0.717, 1.165) is 6.92 Å². The maximum absolute atomic E-state index is 12.9. The van der Waals surface area contributed by atoms with Crippen LogP contribution < -0.4 is 4.72 Å². The van der Waals surface area contributed by atoms with Crippen molar-refractivity contribution in [2.24, 2.45) is 0 Å². The van der Waals surface area contributed by atoms with Gasteiger partial charge in [0.05, 0.1) is 5.75 Å². The fourth-order valence-corrected chi connectivity index (χ4v) is 4.56. The minimum atomic E-state index is -3.84. The molecule has 148 valence electrons. The fourth-order valence-electron chi connectivity index (χ4n) is 2.40. The van der Waals surface area contributed by atoms with Crippen LogP contribution in [0.15, 0.2) is 29.8 Å². The van der Waals surface area contributed by atoms with Crippen molar-refractivity contribution in [2.45, 2.75) is 25.9 Å². The lowest BCUT2D eigenvalue weighted by molar-refractivity contribution is -0.142. The summed E-state index contributed by atoms with van der Waals surface area (Å²) in [4.78, 5) is 24.3. The van der Waals surface area contributed by atoms with Gasteiger partial charge in [-0.1, -0.05) is 39.1 Å². The lowest BCUT2D eigenvalue weighted by Gasteiger charge is -2.25. The van der Waals surface area contributed by atoms with Crippen LogP contribution in [0.25, 0.3) is 0 Å². The van der Waals surface area contributed by atoms with Gasteiger partial charge in [0.15, 0.2) is 0 Å². The number of rotatable bonds is 7. The molecule has 1 heterocycles. The van der Waals surface area contributed by atoms with Gasteiger partial charge in [-0.3, -0.25) is 14.3 Å². The normalized spacial score (nSPS) is 19.8. The second-order valence-corrected chi connectivity index (χ2v) is 9.28. The SMILES string of the molecule is CC(=O)OC1=C(NS(=O)(=O)CCCBr)OC(C)(c2cc(Cl)ccc2Cl)C1=O. The highest BCUT2D eigenvalue weighted by Gasteiger charge is 2.51. The van der Waals surface area contributed by atoms with Gasteiger partial charge in [0, 0.05) is 27.9 Å². The summed E-state index contributed by atoms with van der Waals surface area (Å²) in [6.45, 7) is 2.47. The van der Waals surface area contributed by atoms with Gasteiger partial charge in [-0.25, -0.2) is 8.42 Å². The fraction of sp³-hybridized carbons (Fsp3) is 0.375. The van der Waals surface area contributed by atoms with E-state index in [4.69, 9.17) is 32.7 Å². The number of nitrogens with one attached hydrogen (secondary N) is 1. The van der Waals surface area contributed by atoms with Crippen molar-refractivity contribution in [3.05, 3.63) is 45.5 Å². The van der Waals surface area contributed by atoms with E-state index >= 15 is 0 Å². The lowest BCUT2D eigenvalue weighted by Crippen LogP contribution is -2.33. The number of benzene rings is 1. The van der Waals surface area contributed by atoms with E-state index in [1.807, 2.05) is 0 Å². The molecule has 0 fully saturated rings. The Kier molecular flexibility index (Phi) is 6.83. The third kappa shape index (κ3) is 4.96. The van der Waals surface area contributed by atoms with E-state index in [0.29, 0.717) is 16.8 Å². The van der Waals surface area contributed by atoms with Gasteiger partial charge in [0.25, 0.3) is 5.78 Å². The van der Waals surface area contributed by atoms with Crippen LogP contribution in [0.1, 0.15) is 25.8 Å². The molecule has 1 aliphatic heterocycles. The van der Waals surface area contributed by atoms with E-state index in [1.165, 1.54) is 25.1 Å². The Balaban J connectivity index is 2.47. The van der Waals surface area contributed by atoms with Crippen LogP contribution >= 0.6 is 39.1 Å². The molecule has 27 heavy (non-hydrogen) atoms. The summed E-state index contributed by atoms with van der Waals surface area (Å²) in [6.07, 6.45) is 0.330. The zero-order valence-corrected chi connectivity index (χ0v) is 18.3. The minimum absolute atomic E-state index is 0.181. The zero-order valence-electron chi connectivity index (χ0n) is 14.3. The Hall–Kier alpha value is -1.29. The van der Waals surface area contributed by atoms with Crippen molar-refractivity contribution in [3.63, 3.8) is 0 Å². The highest BCUT2D eigenvalue weighted by Crippen LogP contribution is 2.42. The van der Waals surface area contributed by atoms with E-state index < -0.39 is 39.0 Å². The highest BCUT2D eigenvalue weighted by atomic mass is 79.9. The van der Waals surface area contributed by atoms with Crippen molar-refractivity contribution < 1.29 is 27.5 Å². The van der Waals surface area contributed by atoms with Crippen molar-refractivity contribution in [1.29, 1.82) is 0 Å². The number of esters is 1. The molecule has 0 saturated carbocycles. The van der Waals surface area contributed by atoms with Crippen LogP contribution in [0.4, 0.5) is 0 Å². The summed E-state index contributed by atoms with van der Waals surface area (Å²) < 4.78 is 37.1. The first-order valence-corrected chi connectivity index (χ1v) is 11.2. The first kappa shape index (κ1) is 22.0. The Morgan fingerprint density at radius 3 is 2.63 bits per heavy atom. The van der Waals surface area contributed by atoms with E-state index in [9.17, 15) is 18.0 Å². The molecular weight excluding hydrogens is 485 g/mol. The molecule has 1 aromatic carbocycles. The van der Waals surface area contributed by atoms with E-state index in [2.05, 4.69) is 20.7 Å². The molecule has 7 nitrogen and oxygen atoms in total. The third-order valence-electron chi connectivity index (χ3n) is 3.63. The molecule has 2 rings (SSSR count). The molecule has 1 aromatic rings. The summed E-state index contributed by atoms with van der Waals surface area (Å²) in [7, 11) is -3.84. The van der Waals surface area contributed by atoms with Crippen LogP contribution in [0.3, 0.4) is 0 Å². The molecule has 0 saturated heterocycles. The summed E-state index contributed by atoms with van der Waals surface area (Å²) in [6, 6.07) is 4.43. The molecule has 0 aromatic heterocycles. The van der Waals surface area contributed by atoms with Crippen molar-refractivity contribution in [2.75, 3.05) is 11.1 Å². The van der Waals surface area contributed by atoms with Crippen LogP contribution in [0.2, 0.25) is 10.0 Å². The van der Waals surface area contributed by atoms with E-state index in [-0.39, 0.29) is 16.3 Å². The van der Waals surface area contributed by atoms with Crippen LogP contribution in [-0.4, -0.2) is 31.3 Å². The summed E-state index contributed by atoms with van der Waals surface area (Å²) in [5.74, 6) is -2.80. The Bertz CT molecular complexity index is 917. The number of sulfonamides is 1. The molecule has 1 unspecified atom stereocenters. The maximum Gasteiger partial charge on any atom is 0.308 e. The Morgan fingerprint density at radius 1 is 1.37 bits per heavy atom. The molecule has 0 radical (unpaired) electrons.